The number of anilines is 2. The molecule has 1 atom stereocenters. The fraction of sp³-hybridized carbons (Fsp3) is 0.600. The first kappa shape index (κ1) is 14.4. The number of nitrogens with zero attached hydrogens (tertiary/aromatic N) is 4. The van der Waals surface area contributed by atoms with Crippen LogP contribution in [0.25, 0.3) is 0 Å². The van der Waals surface area contributed by atoms with Gasteiger partial charge in [-0.2, -0.15) is 15.0 Å². The summed E-state index contributed by atoms with van der Waals surface area (Å²) in [6.45, 7) is 4.29. The quantitative estimate of drug-likeness (QED) is 0.827. The first-order valence-electron chi connectivity index (χ1n) is 5.58. The maximum atomic E-state index is 11.9. The van der Waals surface area contributed by atoms with E-state index < -0.39 is 6.04 Å². The van der Waals surface area contributed by atoms with Crippen LogP contribution < -0.4 is 10.6 Å². The lowest BCUT2D eigenvalue weighted by atomic mass is 10.3. The van der Waals surface area contributed by atoms with Crippen molar-refractivity contribution < 1.29 is 4.79 Å². The molecule has 0 saturated heterocycles. The summed E-state index contributed by atoms with van der Waals surface area (Å²) in [6.07, 6.45) is 0. The van der Waals surface area contributed by atoms with Crippen molar-refractivity contribution in [1.29, 1.82) is 0 Å². The summed E-state index contributed by atoms with van der Waals surface area (Å²) in [6, 6.07) is -0.432. The second kappa shape index (κ2) is 6.34. The highest BCUT2D eigenvalue weighted by Crippen LogP contribution is 2.10. The van der Waals surface area contributed by atoms with Gasteiger partial charge in [0.25, 0.3) is 0 Å². The van der Waals surface area contributed by atoms with Gasteiger partial charge in [-0.05, 0) is 25.4 Å². The number of carbonyl (C=O) groups excluding carboxylic acids is 1. The van der Waals surface area contributed by atoms with Gasteiger partial charge >= 0.3 is 0 Å². The molecule has 0 spiro atoms. The predicted molar refractivity (Wildman–Crippen MR) is 70.8 cm³/mol. The smallest absolute Gasteiger partial charge is 0.244 e. The summed E-state index contributed by atoms with van der Waals surface area (Å²) in [5.41, 5.74) is 0. The number of rotatable bonds is 5. The Morgan fingerprint density at radius 1 is 1.39 bits per heavy atom. The van der Waals surface area contributed by atoms with Crippen molar-refractivity contribution in [2.75, 3.05) is 31.3 Å². The van der Waals surface area contributed by atoms with Gasteiger partial charge in [-0.15, -0.1) is 0 Å². The normalized spacial score (nSPS) is 11.8. The number of likely N-dealkylation sites (N-methyl/N-ethyl adjacent to an activating group) is 1. The Morgan fingerprint density at radius 3 is 2.56 bits per heavy atom. The Bertz CT molecular complexity index is 427. The topological polar surface area (TPSA) is 83.0 Å². The SMILES string of the molecule is CCN(C)C(=O)C(C)Nc1nc(Cl)nc(NC)n1. The highest BCUT2D eigenvalue weighted by atomic mass is 35.5. The number of nitrogens with one attached hydrogen (secondary N) is 2. The van der Waals surface area contributed by atoms with Crippen LogP contribution in [0.1, 0.15) is 13.8 Å². The maximum Gasteiger partial charge on any atom is 0.244 e. The molecule has 2 N–H and O–H groups in total. The van der Waals surface area contributed by atoms with Crippen LogP contribution in [0.2, 0.25) is 5.28 Å². The lowest BCUT2D eigenvalue weighted by Crippen LogP contribution is -2.39. The molecule has 0 saturated carbocycles. The molecule has 1 rings (SSSR count). The fourth-order valence-electron chi connectivity index (χ4n) is 1.27. The van der Waals surface area contributed by atoms with Crippen molar-refractivity contribution in [3.8, 4) is 0 Å². The summed E-state index contributed by atoms with van der Waals surface area (Å²) >= 11 is 5.74. The van der Waals surface area contributed by atoms with Crippen LogP contribution in [0.15, 0.2) is 0 Å². The first-order chi connectivity index (χ1) is 8.47. The highest BCUT2D eigenvalue weighted by molar-refractivity contribution is 6.28. The zero-order chi connectivity index (χ0) is 13.7. The van der Waals surface area contributed by atoms with E-state index >= 15 is 0 Å². The van der Waals surface area contributed by atoms with Gasteiger partial charge in [-0.1, -0.05) is 0 Å². The third-order valence-electron chi connectivity index (χ3n) is 2.40. The minimum absolute atomic E-state index is 0.0416. The van der Waals surface area contributed by atoms with Gasteiger partial charge in [0.15, 0.2) is 0 Å². The Kier molecular flexibility index (Phi) is 5.08. The molecule has 0 aliphatic rings. The average molecular weight is 273 g/mol. The second-order valence-corrected chi connectivity index (χ2v) is 4.06. The lowest BCUT2D eigenvalue weighted by molar-refractivity contribution is -0.130. The second-order valence-electron chi connectivity index (χ2n) is 3.72. The van der Waals surface area contributed by atoms with E-state index in [1.807, 2.05) is 6.92 Å². The van der Waals surface area contributed by atoms with Crippen LogP contribution in [0.5, 0.6) is 0 Å². The molecule has 1 amide bonds. The summed E-state index contributed by atoms with van der Waals surface area (Å²) < 4.78 is 0. The van der Waals surface area contributed by atoms with E-state index in [4.69, 9.17) is 11.6 Å². The first-order valence-corrected chi connectivity index (χ1v) is 5.96. The number of hydrogen-bond acceptors (Lipinski definition) is 6. The van der Waals surface area contributed by atoms with Gasteiger partial charge in [0.2, 0.25) is 23.1 Å². The van der Waals surface area contributed by atoms with E-state index in [0.717, 1.165) is 0 Å². The molecule has 0 radical (unpaired) electrons. The van der Waals surface area contributed by atoms with E-state index in [2.05, 4.69) is 25.6 Å². The third-order valence-corrected chi connectivity index (χ3v) is 2.57. The predicted octanol–water partition coefficient (Wildman–Crippen LogP) is 0.845. The number of aromatic nitrogens is 3. The number of carbonyl (C=O) groups is 1. The molecule has 7 nitrogen and oxygen atoms in total. The monoisotopic (exact) mass is 272 g/mol. The van der Waals surface area contributed by atoms with Gasteiger partial charge in [-0.3, -0.25) is 4.79 Å². The van der Waals surface area contributed by atoms with Gasteiger partial charge in [-0.25, -0.2) is 0 Å². The van der Waals surface area contributed by atoms with Crippen molar-refractivity contribution in [2.24, 2.45) is 0 Å². The number of halogens is 1. The average Bonchev–Trinajstić information content (AvgIpc) is 2.35. The van der Waals surface area contributed by atoms with E-state index in [0.29, 0.717) is 12.5 Å². The molecular formula is C10H17ClN6O. The fourth-order valence-corrected chi connectivity index (χ4v) is 1.43. The van der Waals surface area contributed by atoms with Gasteiger partial charge < -0.3 is 15.5 Å². The molecule has 100 valence electrons. The molecule has 1 unspecified atom stereocenters. The molecule has 1 aromatic heterocycles. The van der Waals surface area contributed by atoms with Crippen LogP contribution in [0.3, 0.4) is 0 Å². The van der Waals surface area contributed by atoms with Crippen LogP contribution >= 0.6 is 11.6 Å². The van der Waals surface area contributed by atoms with Crippen molar-refractivity contribution in [2.45, 2.75) is 19.9 Å². The van der Waals surface area contributed by atoms with Crippen molar-refractivity contribution >= 4 is 29.4 Å². The Balaban J connectivity index is 2.78. The molecule has 0 aromatic carbocycles. The largest absolute Gasteiger partial charge is 0.357 e. The highest BCUT2D eigenvalue weighted by Gasteiger charge is 2.17. The Morgan fingerprint density at radius 2 is 2.00 bits per heavy atom. The van der Waals surface area contributed by atoms with Crippen molar-refractivity contribution in [3.05, 3.63) is 5.28 Å². The zero-order valence-corrected chi connectivity index (χ0v) is 11.6. The molecule has 8 heteroatoms. The van der Waals surface area contributed by atoms with E-state index in [1.54, 1.807) is 25.9 Å². The summed E-state index contributed by atoms with van der Waals surface area (Å²) in [4.78, 5) is 25.3. The summed E-state index contributed by atoms with van der Waals surface area (Å²) in [7, 11) is 3.41. The minimum Gasteiger partial charge on any atom is -0.357 e. The Hall–Kier alpha value is -1.63. The molecule has 1 aromatic rings. The van der Waals surface area contributed by atoms with Gasteiger partial charge in [0.1, 0.15) is 6.04 Å². The van der Waals surface area contributed by atoms with Crippen LogP contribution in [-0.2, 0) is 4.79 Å². The third kappa shape index (κ3) is 3.69. The zero-order valence-electron chi connectivity index (χ0n) is 10.9. The molecule has 1 heterocycles. The maximum absolute atomic E-state index is 11.9. The number of hydrogen-bond donors (Lipinski definition) is 2. The van der Waals surface area contributed by atoms with Crippen LogP contribution in [0.4, 0.5) is 11.9 Å². The molecule has 0 aliphatic carbocycles. The number of amides is 1. The summed E-state index contributed by atoms with van der Waals surface area (Å²) in [5.74, 6) is 0.575. The van der Waals surface area contributed by atoms with E-state index in [1.165, 1.54) is 0 Å². The molecule has 0 fully saturated rings. The minimum atomic E-state index is -0.432. The van der Waals surface area contributed by atoms with Crippen LogP contribution in [0, 0.1) is 0 Å². The molecular weight excluding hydrogens is 256 g/mol. The van der Waals surface area contributed by atoms with Gasteiger partial charge in [0.05, 0.1) is 0 Å². The van der Waals surface area contributed by atoms with Crippen molar-refractivity contribution in [1.82, 2.24) is 19.9 Å². The van der Waals surface area contributed by atoms with Crippen LogP contribution in [-0.4, -0.2) is 52.4 Å². The van der Waals surface area contributed by atoms with E-state index in [9.17, 15) is 4.79 Å². The molecule has 0 bridgehead atoms. The molecule has 0 aliphatic heterocycles. The lowest BCUT2D eigenvalue weighted by Gasteiger charge is -2.20. The summed E-state index contributed by atoms with van der Waals surface area (Å²) in [5, 5.41) is 5.73. The molecule has 18 heavy (non-hydrogen) atoms. The van der Waals surface area contributed by atoms with E-state index in [-0.39, 0.29) is 17.1 Å². The Labute approximate surface area is 111 Å². The standard InChI is InChI=1S/C10H17ClN6O/c1-5-17(4)7(18)6(2)13-10-15-8(11)14-9(12-3)16-10/h6H,5H2,1-4H3,(H2,12,13,14,15,16). The van der Waals surface area contributed by atoms with Gasteiger partial charge in [0, 0.05) is 20.6 Å². The van der Waals surface area contributed by atoms with Crippen molar-refractivity contribution in [3.63, 3.8) is 0 Å².